The number of nitrogens with one attached hydrogen (secondary N) is 1. The van der Waals surface area contributed by atoms with E-state index < -0.39 is 11.4 Å². The zero-order valence-electron chi connectivity index (χ0n) is 8.83. The SMILES string of the molecule is COc1c(-c2ccc(F)c(Cl)c2)nc[nH]c1=O. The quantitative estimate of drug-likeness (QED) is 0.894. The van der Waals surface area contributed by atoms with E-state index in [1.807, 2.05) is 0 Å². The molecule has 0 unspecified atom stereocenters. The molecule has 0 bridgehead atoms. The van der Waals surface area contributed by atoms with Gasteiger partial charge in [0.15, 0.2) is 0 Å². The van der Waals surface area contributed by atoms with E-state index in [-0.39, 0.29) is 10.8 Å². The van der Waals surface area contributed by atoms with Crippen molar-refractivity contribution >= 4 is 11.6 Å². The summed E-state index contributed by atoms with van der Waals surface area (Å²) in [7, 11) is 1.36. The maximum absolute atomic E-state index is 13.0. The number of halogens is 2. The summed E-state index contributed by atoms with van der Waals surface area (Å²) in [6.07, 6.45) is 1.25. The van der Waals surface area contributed by atoms with Crippen molar-refractivity contribution in [3.05, 3.63) is 45.7 Å². The Hall–Kier alpha value is -1.88. The number of ether oxygens (including phenoxy) is 1. The molecule has 0 aliphatic heterocycles. The Morgan fingerprint density at radius 1 is 1.47 bits per heavy atom. The largest absolute Gasteiger partial charge is 0.490 e. The number of benzene rings is 1. The number of H-pyrrole nitrogens is 1. The molecule has 4 nitrogen and oxygen atoms in total. The topological polar surface area (TPSA) is 55.0 Å². The summed E-state index contributed by atoms with van der Waals surface area (Å²) in [6, 6.07) is 4.08. The van der Waals surface area contributed by atoms with Crippen LogP contribution in [0.1, 0.15) is 0 Å². The average Bonchev–Trinajstić information content (AvgIpc) is 2.32. The van der Waals surface area contributed by atoms with E-state index in [9.17, 15) is 9.18 Å². The van der Waals surface area contributed by atoms with Gasteiger partial charge in [-0.1, -0.05) is 11.6 Å². The molecular weight excluding hydrogens is 247 g/mol. The lowest BCUT2D eigenvalue weighted by atomic mass is 10.1. The molecule has 1 aromatic carbocycles. The van der Waals surface area contributed by atoms with Crippen LogP contribution >= 0.6 is 11.6 Å². The fourth-order valence-electron chi connectivity index (χ4n) is 1.43. The third-order valence-electron chi connectivity index (χ3n) is 2.21. The molecule has 1 aromatic heterocycles. The second-order valence-electron chi connectivity index (χ2n) is 3.24. The van der Waals surface area contributed by atoms with Gasteiger partial charge < -0.3 is 9.72 Å². The first kappa shape index (κ1) is 11.6. The molecule has 1 N–H and O–H groups in total. The number of hydrogen-bond acceptors (Lipinski definition) is 3. The van der Waals surface area contributed by atoms with Gasteiger partial charge in [-0.05, 0) is 18.2 Å². The molecule has 1 heterocycles. The molecule has 0 saturated carbocycles. The molecule has 6 heteroatoms. The maximum Gasteiger partial charge on any atom is 0.293 e. The molecule has 0 fully saturated rings. The third-order valence-corrected chi connectivity index (χ3v) is 2.50. The van der Waals surface area contributed by atoms with Crippen LogP contribution in [0.25, 0.3) is 11.3 Å². The van der Waals surface area contributed by atoms with Gasteiger partial charge in [0.05, 0.1) is 18.5 Å². The second-order valence-corrected chi connectivity index (χ2v) is 3.65. The van der Waals surface area contributed by atoms with Crippen molar-refractivity contribution in [3.63, 3.8) is 0 Å². The summed E-state index contributed by atoms with van der Waals surface area (Å²) in [4.78, 5) is 17.8. The van der Waals surface area contributed by atoms with Gasteiger partial charge in [-0.3, -0.25) is 4.79 Å². The van der Waals surface area contributed by atoms with E-state index in [1.54, 1.807) is 0 Å². The lowest BCUT2D eigenvalue weighted by Gasteiger charge is -2.06. The first-order chi connectivity index (χ1) is 8.13. The van der Waals surface area contributed by atoms with E-state index in [1.165, 1.54) is 31.6 Å². The summed E-state index contributed by atoms with van der Waals surface area (Å²) in [5, 5.41) is -0.0355. The molecule has 0 radical (unpaired) electrons. The Morgan fingerprint density at radius 3 is 2.88 bits per heavy atom. The number of aromatic amines is 1. The van der Waals surface area contributed by atoms with Crippen molar-refractivity contribution in [2.75, 3.05) is 7.11 Å². The fraction of sp³-hybridized carbons (Fsp3) is 0.0909. The number of rotatable bonds is 2. The summed E-state index contributed by atoms with van der Waals surface area (Å²) < 4.78 is 18.0. The predicted molar refractivity (Wildman–Crippen MR) is 61.8 cm³/mol. The van der Waals surface area contributed by atoms with Gasteiger partial charge in [0.25, 0.3) is 5.56 Å². The van der Waals surface area contributed by atoms with Crippen molar-refractivity contribution < 1.29 is 9.13 Å². The zero-order valence-corrected chi connectivity index (χ0v) is 9.58. The van der Waals surface area contributed by atoms with Crippen LogP contribution in [-0.4, -0.2) is 17.1 Å². The molecule has 0 saturated heterocycles. The van der Waals surface area contributed by atoms with E-state index in [0.717, 1.165) is 0 Å². The third kappa shape index (κ3) is 2.14. The Bertz CT molecular complexity index is 613. The molecule has 0 aliphatic carbocycles. The van der Waals surface area contributed by atoms with Gasteiger partial charge in [0.1, 0.15) is 11.5 Å². The molecule has 0 atom stereocenters. The van der Waals surface area contributed by atoms with Gasteiger partial charge in [-0.25, -0.2) is 9.37 Å². The van der Waals surface area contributed by atoms with Crippen molar-refractivity contribution in [3.8, 4) is 17.0 Å². The van der Waals surface area contributed by atoms with Crippen LogP contribution in [0.15, 0.2) is 29.3 Å². The molecule has 88 valence electrons. The Morgan fingerprint density at radius 2 is 2.24 bits per heavy atom. The summed E-state index contributed by atoms with van der Waals surface area (Å²) in [5.41, 5.74) is 0.426. The van der Waals surface area contributed by atoms with Gasteiger partial charge in [-0.2, -0.15) is 0 Å². The monoisotopic (exact) mass is 254 g/mol. The highest BCUT2D eigenvalue weighted by molar-refractivity contribution is 6.31. The van der Waals surface area contributed by atoms with Crippen molar-refractivity contribution in [1.29, 1.82) is 0 Å². The molecular formula is C11H8ClFN2O2. The minimum Gasteiger partial charge on any atom is -0.490 e. The number of methoxy groups -OCH3 is 1. The van der Waals surface area contributed by atoms with E-state index in [0.29, 0.717) is 11.3 Å². The van der Waals surface area contributed by atoms with Gasteiger partial charge in [0.2, 0.25) is 5.75 Å². The Labute approximate surface area is 101 Å². The van der Waals surface area contributed by atoms with Crippen LogP contribution in [0.4, 0.5) is 4.39 Å². The van der Waals surface area contributed by atoms with Crippen molar-refractivity contribution in [2.24, 2.45) is 0 Å². The van der Waals surface area contributed by atoms with Gasteiger partial charge in [-0.15, -0.1) is 0 Å². The van der Waals surface area contributed by atoms with Gasteiger partial charge >= 0.3 is 0 Å². The second kappa shape index (κ2) is 4.55. The minimum atomic E-state index is -0.528. The average molecular weight is 255 g/mol. The summed E-state index contributed by atoms with van der Waals surface area (Å²) >= 11 is 5.67. The number of nitrogens with zero attached hydrogens (tertiary/aromatic N) is 1. The first-order valence-electron chi connectivity index (χ1n) is 4.70. The molecule has 2 rings (SSSR count). The smallest absolute Gasteiger partial charge is 0.293 e. The van der Waals surface area contributed by atoms with Crippen LogP contribution in [0.5, 0.6) is 5.75 Å². The number of hydrogen-bond donors (Lipinski definition) is 1. The zero-order chi connectivity index (χ0) is 12.4. The van der Waals surface area contributed by atoms with Crippen LogP contribution in [-0.2, 0) is 0 Å². The summed E-state index contributed by atoms with van der Waals surface area (Å²) in [6.45, 7) is 0. The van der Waals surface area contributed by atoms with Crippen LogP contribution in [0.3, 0.4) is 0 Å². The highest BCUT2D eigenvalue weighted by Gasteiger charge is 2.12. The highest BCUT2D eigenvalue weighted by Crippen LogP contribution is 2.27. The van der Waals surface area contributed by atoms with Crippen LogP contribution < -0.4 is 10.3 Å². The standard InChI is InChI=1S/C11H8ClFN2O2/c1-17-10-9(14-5-15-11(10)16)6-2-3-8(13)7(12)4-6/h2-5H,1H3,(H,14,15,16). The van der Waals surface area contributed by atoms with Crippen LogP contribution in [0, 0.1) is 5.82 Å². The van der Waals surface area contributed by atoms with Crippen LogP contribution in [0.2, 0.25) is 5.02 Å². The van der Waals surface area contributed by atoms with E-state index >= 15 is 0 Å². The molecule has 0 aliphatic rings. The van der Waals surface area contributed by atoms with Crippen molar-refractivity contribution in [1.82, 2.24) is 9.97 Å². The lowest BCUT2D eigenvalue weighted by Crippen LogP contribution is -2.11. The Balaban J connectivity index is 2.64. The van der Waals surface area contributed by atoms with E-state index in [4.69, 9.17) is 16.3 Å². The normalized spacial score (nSPS) is 10.3. The first-order valence-corrected chi connectivity index (χ1v) is 5.08. The molecule has 2 aromatic rings. The Kier molecular flexibility index (Phi) is 3.10. The predicted octanol–water partition coefficient (Wildman–Crippen LogP) is 2.24. The summed E-state index contributed by atoms with van der Waals surface area (Å²) in [5.74, 6) is -0.464. The highest BCUT2D eigenvalue weighted by atomic mass is 35.5. The molecule has 17 heavy (non-hydrogen) atoms. The minimum absolute atomic E-state index is 0.0355. The van der Waals surface area contributed by atoms with Gasteiger partial charge in [0, 0.05) is 5.56 Å². The fourth-order valence-corrected chi connectivity index (χ4v) is 1.61. The van der Waals surface area contributed by atoms with E-state index in [2.05, 4.69) is 9.97 Å². The maximum atomic E-state index is 13.0. The molecule has 0 amide bonds. The molecule has 0 spiro atoms. The number of aromatic nitrogens is 2. The van der Waals surface area contributed by atoms with Crippen molar-refractivity contribution in [2.45, 2.75) is 0 Å². The lowest BCUT2D eigenvalue weighted by molar-refractivity contribution is 0.408.